The highest BCUT2D eigenvalue weighted by Crippen LogP contribution is 2.24. The Bertz CT molecular complexity index is 554. The van der Waals surface area contributed by atoms with Crippen LogP contribution < -0.4 is 0 Å². The first-order valence-electron chi connectivity index (χ1n) is 6.74. The zero-order chi connectivity index (χ0) is 14.8. The normalized spacial score (nSPS) is 21.0. The molecule has 1 aromatic rings. The third-order valence-corrected chi connectivity index (χ3v) is 4.78. The molecule has 0 spiro atoms. The minimum absolute atomic E-state index is 0.0554. The fourth-order valence-electron chi connectivity index (χ4n) is 2.77. The van der Waals surface area contributed by atoms with Crippen molar-refractivity contribution in [1.82, 2.24) is 4.90 Å². The molecule has 0 aromatic heterocycles. The first kappa shape index (κ1) is 15.6. The number of phenols is 1. The number of likely N-dealkylation sites (tertiary alicyclic amines) is 1. The summed E-state index contributed by atoms with van der Waals surface area (Å²) in [6.45, 7) is 1.50. The highest BCUT2D eigenvalue weighted by molar-refractivity contribution is 7.90. The molecule has 1 N–H and O–H groups in total. The van der Waals surface area contributed by atoms with E-state index in [0.29, 0.717) is 11.6 Å². The summed E-state index contributed by atoms with van der Waals surface area (Å²) in [5, 5.41) is 10.1. The number of sulfone groups is 1. The number of halogens is 1. The van der Waals surface area contributed by atoms with E-state index in [4.69, 9.17) is 11.6 Å². The van der Waals surface area contributed by atoms with E-state index >= 15 is 0 Å². The number of phenolic OH excluding ortho intramolecular Hbond substituents is 1. The Labute approximate surface area is 125 Å². The van der Waals surface area contributed by atoms with Gasteiger partial charge in [0, 0.05) is 23.9 Å². The summed E-state index contributed by atoms with van der Waals surface area (Å²) in [5.41, 5.74) is 0.912. The maximum absolute atomic E-state index is 11.5. The minimum atomic E-state index is -2.98. The highest BCUT2D eigenvalue weighted by Gasteiger charge is 2.25. The molecule has 1 heterocycles. The van der Waals surface area contributed by atoms with E-state index in [1.54, 1.807) is 6.07 Å². The van der Waals surface area contributed by atoms with E-state index in [0.717, 1.165) is 31.4 Å². The Balaban J connectivity index is 2.12. The van der Waals surface area contributed by atoms with Gasteiger partial charge in [0.05, 0.1) is 5.75 Å². The molecule has 1 unspecified atom stereocenters. The average molecular weight is 318 g/mol. The van der Waals surface area contributed by atoms with Gasteiger partial charge in [0.2, 0.25) is 0 Å². The SMILES string of the molecule is CS(=O)(=O)CC1CCCCN1Cc1cc(O)cc(Cl)c1. The minimum Gasteiger partial charge on any atom is -0.508 e. The fourth-order valence-corrected chi connectivity index (χ4v) is 4.09. The van der Waals surface area contributed by atoms with Crippen LogP contribution in [0.25, 0.3) is 0 Å². The lowest BCUT2D eigenvalue weighted by molar-refractivity contribution is 0.154. The molecular formula is C14H20ClNO3S. The maximum Gasteiger partial charge on any atom is 0.148 e. The van der Waals surface area contributed by atoms with Gasteiger partial charge in [0.25, 0.3) is 0 Å². The predicted molar refractivity (Wildman–Crippen MR) is 80.9 cm³/mol. The van der Waals surface area contributed by atoms with Crippen molar-refractivity contribution in [3.63, 3.8) is 0 Å². The molecule has 2 rings (SSSR count). The lowest BCUT2D eigenvalue weighted by Crippen LogP contribution is -2.42. The van der Waals surface area contributed by atoms with Crippen molar-refractivity contribution >= 4 is 21.4 Å². The van der Waals surface area contributed by atoms with Crippen LogP contribution in [0.15, 0.2) is 18.2 Å². The van der Waals surface area contributed by atoms with Crippen molar-refractivity contribution in [2.24, 2.45) is 0 Å². The number of hydrogen-bond acceptors (Lipinski definition) is 4. The lowest BCUT2D eigenvalue weighted by Gasteiger charge is -2.35. The summed E-state index contributed by atoms with van der Waals surface area (Å²) in [4.78, 5) is 2.18. The van der Waals surface area contributed by atoms with Crippen LogP contribution in [-0.4, -0.2) is 43.0 Å². The van der Waals surface area contributed by atoms with Crippen LogP contribution in [0.4, 0.5) is 0 Å². The van der Waals surface area contributed by atoms with Gasteiger partial charge >= 0.3 is 0 Å². The zero-order valence-electron chi connectivity index (χ0n) is 11.5. The molecule has 112 valence electrons. The molecule has 1 aliphatic rings. The van der Waals surface area contributed by atoms with E-state index in [1.807, 2.05) is 6.07 Å². The molecule has 20 heavy (non-hydrogen) atoms. The van der Waals surface area contributed by atoms with Crippen LogP contribution in [0.5, 0.6) is 5.75 Å². The molecule has 0 amide bonds. The van der Waals surface area contributed by atoms with Crippen molar-refractivity contribution in [2.75, 3.05) is 18.6 Å². The first-order chi connectivity index (χ1) is 9.33. The molecular weight excluding hydrogens is 298 g/mol. The second-order valence-corrected chi connectivity index (χ2v) is 8.15. The Hall–Kier alpha value is -0.780. The molecule has 0 bridgehead atoms. The molecule has 0 radical (unpaired) electrons. The van der Waals surface area contributed by atoms with Gasteiger partial charge in [-0.3, -0.25) is 4.90 Å². The molecule has 1 atom stereocenters. The topological polar surface area (TPSA) is 57.6 Å². The number of aromatic hydroxyl groups is 1. The lowest BCUT2D eigenvalue weighted by atomic mass is 10.0. The third-order valence-electron chi connectivity index (χ3n) is 3.57. The second kappa shape index (κ2) is 6.33. The summed E-state index contributed by atoms with van der Waals surface area (Å²) in [6.07, 6.45) is 4.33. The van der Waals surface area contributed by atoms with E-state index in [2.05, 4.69) is 4.90 Å². The molecule has 0 saturated carbocycles. The highest BCUT2D eigenvalue weighted by atomic mass is 35.5. The number of nitrogens with zero attached hydrogens (tertiary/aromatic N) is 1. The van der Waals surface area contributed by atoms with Crippen molar-refractivity contribution < 1.29 is 13.5 Å². The van der Waals surface area contributed by atoms with Crippen LogP contribution in [0.2, 0.25) is 5.02 Å². The third kappa shape index (κ3) is 4.65. The molecule has 4 nitrogen and oxygen atoms in total. The quantitative estimate of drug-likeness (QED) is 0.926. The summed E-state index contributed by atoms with van der Waals surface area (Å²) >= 11 is 5.94. The van der Waals surface area contributed by atoms with Gasteiger partial charge in [-0.1, -0.05) is 18.0 Å². The van der Waals surface area contributed by atoms with E-state index in [1.165, 1.54) is 12.3 Å². The Morgan fingerprint density at radius 1 is 1.35 bits per heavy atom. The van der Waals surface area contributed by atoms with Gasteiger partial charge in [0.1, 0.15) is 15.6 Å². The van der Waals surface area contributed by atoms with Crippen LogP contribution >= 0.6 is 11.6 Å². The monoisotopic (exact) mass is 317 g/mol. The van der Waals surface area contributed by atoms with Crippen molar-refractivity contribution in [3.05, 3.63) is 28.8 Å². The van der Waals surface area contributed by atoms with E-state index in [-0.39, 0.29) is 17.5 Å². The van der Waals surface area contributed by atoms with Crippen molar-refractivity contribution in [1.29, 1.82) is 0 Å². The molecule has 0 aliphatic carbocycles. The Morgan fingerprint density at radius 2 is 2.10 bits per heavy atom. The smallest absolute Gasteiger partial charge is 0.148 e. The van der Waals surface area contributed by atoms with Gasteiger partial charge in [0.15, 0.2) is 0 Å². The molecule has 6 heteroatoms. The number of hydrogen-bond donors (Lipinski definition) is 1. The van der Waals surface area contributed by atoms with Crippen LogP contribution in [-0.2, 0) is 16.4 Å². The number of rotatable bonds is 4. The predicted octanol–water partition coefficient (Wildman–Crippen LogP) is 2.44. The second-order valence-electron chi connectivity index (χ2n) is 5.53. The average Bonchev–Trinajstić information content (AvgIpc) is 2.28. The summed E-state index contributed by atoms with van der Waals surface area (Å²) in [5.74, 6) is 0.337. The fraction of sp³-hybridized carbons (Fsp3) is 0.571. The van der Waals surface area contributed by atoms with Crippen molar-refractivity contribution in [2.45, 2.75) is 31.8 Å². The van der Waals surface area contributed by atoms with Gasteiger partial charge in [-0.15, -0.1) is 0 Å². The van der Waals surface area contributed by atoms with Gasteiger partial charge in [-0.25, -0.2) is 8.42 Å². The van der Waals surface area contributed by atoms with Gasteiger partial charge in [-0.2, -0.15) is 0 Å². The number of piperidine rings is 1. The van der Waals surface area contributed by atoms with Crippen LogP contribution in [0, 0.1) is 0 Å². The van der Waals surface area contributed by atoms with Crippen LogP contribution in [0.3, 0.4) is 0 Å². The van der Waals surface area contributed by atoms with E-state index in [9.17, 15) is 13.5 Å². The van der Waals surface area contributed by atoms with Gasteiger partial charge < -0.3 is 5.11 Å². The molecule has 1 saturated heterocycles. The summed E-state index contributed by atoms with van der Waals surface area (Å²) < 4.78 is 23.0. The standard InChI is InChI=1S/C14H20ClNO3S/c1-20(18,19)10-13-4-2-3-5-16(13)9-11-6-12(15)8-14(17)7-11/h6-8,13,17H,2-5,9-10H2,1H3. The van der Waals surface area contributed by atoms with E-state index < -0.39 is 9.84 Å². The summed E-state index contributed by atoms with van der Waals surface area (Å²) in [6, 6.07) is 5.04. The Kier molecular flexibility index (Phi) is 4.94. The maximum atomic E-state index is 11.5. The largest absolute Gasteiger partial charge is 0.508 e. The molecule has 1 fully saturated rings. The zero-order valence-corrected chi connectivity index (χ0v) is 13.1. The molecule has 1 aliphatic heterocycles. The number of benzene rings is 1. The van der Waals surface area contributed by atoms with Gasteiger partial charge in [-0.05, 0) is 43.1 Å². The Morgan fingerprint density at radius 3 is 2.75 bits per heavy atom. The van der Waals surface area contributed by atoms with Crippen LogP contribution in [0.1, 0.15) is 24.8 Å². The van der Waals surface area contributed by atoms with Crippen molar-refractivity contribution in [3.8, 4) is 5.75 Å². The molecule has 1 aromatic carbocycles. The summed E-state index contributed by atoms with van der Waals surface area (Å²) in [7, 11) is -2.98. The first-order valence-corrected chi connectivity index (χ1v) is 9.17.